The number of rotatable bonds is 3. The van der Waals surface area contributed by atoms with Gasteiger partial charge in [0.05, 0.1) is 12.2 Å². The molecule has 2 heterocycles. The van der Waals surface area contributed by atoms with Crippen molar-refractivity contribution in [2.75, 3.05) is 18.9 Å². The molecule has 1 aliphatic rings. The minimum absolute atomic E-state index is 0.0409. The molecule has 0 spiro atoms. The fourth-order valence-electron chi connectivity index (χ4n) is 2.34. The van der Waals surface area contributed by atoms with E-state index in [-0.39, 0.29) is 5.91 Å². The summed E-state index contributed by atoms with van der Waals surface area (Å²) in [5.41, 5.74) is 1.92. The summed E-state index contributed by atoms with van der Waals surface area (Å²) in [6, 6.07) is 11.4. The average Bonchev–Trinajstić information content (AvgIpc) is 2.54. The van der Waals surface area contributed by atoms with Crippen LogP contribution in [0.2, 0.25) is 0 Å². The molecular formula is C16H17N3O2. The molecule has 0 fully saturated rings. The molecule has 3 rings (SSSR count). The first kappa shape index (κ1) is 13.4. The molecule has 5 heteroatoms. The predicted molar refractivity (Wildman–Crippen MR) is 80.1 cm³/mol. The predicted octanol–water partition coefficient (Wildman–Crippen LogP) is 1.91. The van der Waals surface area contributed by atoms with E-state index in [0.717, 1.165) is 17.0 Å². The Morgan fingerprint density at radius 1 is 1.38 bits per heavy atom. The number of carbonyl (C=O) groups excluding carboxylic acids is 1. The molecule has 5 nitrogen and oxygen atoms in total. The molecule has 21 heavy (non-hydrogen) atoms. The quantitative estimate of drug-likeness (QED) is 0.935. The second-order valence-corrected chi connectivity index (χ2v) is 5.04. The number of nitrogens with zero attached hydrogens (tertiary/aromatic N) is 2. The SMILES string of the molecule is CN(Cc1cccnc1)C(=O)C1CNc2ccccc2O1. The van der Waals surface area contributed by atoms with Crippen LogP contribution >= 0.6 is 0 Å². The number of pyridine rings is 1. The molecule has 1 atom stereocenters. The molecular weight excluding hydrogens is 266 g/mol. The van der Waals surface area contributed by atoms with Crippen LogP contribution in [0, 0.1) is 0 Å². The number of nitrogens with one attached hydrogen (secondary N) is 1. The normalized spacial score (nSPS) is 16.3. The van der Waals surface area contributed by atoms with Crippen molar-refractivity contribution in [1.29, 1.82) is 0 Å². The van der Waals surface area contributed by atoms with Crippen LogP contribution in [0.15, 0.2) is 48.8 Å². The van der Waals surface area contributed by atoms with Crippen LogP contribution < -0.4 is 10.1 Å². The lowest BCUT2D eigenvalue weighted by atomic mass is 10.2. The second kappa shape index (κ2) is 5.83. The molecule has 0 radical (unpaired) electrons. The summed E-state index contributed by atoms with van der Waals surface area (Å²) >= 11 is 0. The first-order valence-corrected chi connectivity index (χ1v) is 6.87. The van der Waals surface area contributed by atoms with E-state index in [2.05, 4.69) is 10.3 Å². The number of benzene rings is 1. The Hall–Kier alpha value is -2.56. The fourth-order valence-corrected chi connectivity index (χ4v) is 2.34. The van der Waals surface area contributed by atoms with Gasteiger partial charge in [-0.1, -0.05) is 18.2 Å². The Kier molecular flexibility index (Phi) is 3.73. The third-order valence-electron chi connectivity index (χ3n) is 3.43. The summed E-state index contributed by atoms with van der Waals surface area (Å²) in [6.07, 6.45) is 2.98. The Bertz CT molecular complexity index is 630. The number of aromatic nitrogens is 1. The Morgan fingerprint density at radius 2 is 2.24 bits per heavy atom. The van der Waals surface area contributed by atoms with Gasteiger partial charge in [-0.25, -0.2) is 0 Å². The number of hydrogen-bond donors (Lipinski definition) is 1. The van der Waals surface area contributed by atoms with Gasteiger partial charge in [0.1, 0.15) is 5.75 Å². The smallest absolute Gasteiger partial charge is 0.265 e. The van der Waals surface area contributed by atoms with Crippen molar-refractivity contribution in [2.45, 2.75) is 12.6 Å². The molecule has 2 aromatic rings. The summed E-state index contributed by atoms with van der Waals surface area (Å²) < 4.78 is 5.78. The lowest BCUT2D eigenvalue weighted by molar-refractivity contribution is -0.137. The highest BCUT2D eigenvalue weighted by Gasteiger charge is 2.28. The maximum atomic E-state index is 12.5. The molecule has 1 aromatic heterocycles. The first-order chi connectivity index (χ1) is 10.2. The van der Waals surface area contributed by atoms with Crippen LogP contribution in [0.5, 0.6) is 5.75 Å². The van der Waals surface area contributed by atoms with Crippen molar-refractivity contribution in [3.63, 3.8) is 0 Å². The zero-order valence-corrected chi connectivity index (χ0v) is 11.8. The minimum Gasteiger partial charge on any atom is -0.477 e. The second-order valence-electron chi connectivity index (χ2n) is 5.04. The van der Waals surface area contributed by atoms with Gasteiger partial charge < -0.3 is 15.0 Å². The zero-order valence-electron chi connectivity index (χ0n) is 11.8. The number of fused-ring (bicyclic) bond motifs is 1. The number of hydrogen-bond acceptors (Lipinski definition) is 4. The van der Waals surface area contributed by atoms with E-state index in [0.29, 0.717) is 13.1 Å². The highest BCUT2D eigenvalue weighted by molar-refractivity contribution is 5.83. The summed E-state index contributed by atoms with van der Waals surface area (Å²) in [7, 11) is 1.78. The first-order valence-electron chi connectivity index (χ1n) is 6.87. The van der Waals surface area contributed by atoms with Crippen LogP contribution in [0.4, 0.5) is 5.69 Å². The van der Waals surface area contributed by atoms with Gasteiger partial charge in [0.25, 0.3) is 5.91 Å². The lowest BCUT2D eigenvalue weighted by Crippen LogP contribution is -2.45. The van der Waals surface area contributed by atoms with Crippen LogP contribution in [-0.2, 0) is 11.3 Å². The molecule has 0 saturated heterocycles. The van der Waals surface area contributed by atoms with E-state index in [4.69, 9.17) is 4.74 Å². The van der Waals surface area contributed by atoms with Gasteiger partial charge >= 0.3 is 0 Å². The van der Waals surface area contributed by atoms with Crippen molar-refractivity contribution >= 4 is 11.6 Å². The molecule has 0 saturated carbocycles. The molecule has 1 aromatic carbocycles. The average molecular weight is 283 g/mol. The van der Waals surface area contributed by atoms with Gasteiger partial charge in [0.15, 0.2) is 6.10 Å². The van der Waals surface area contributed by atoms with Gasteiger partial charge in [0.2, 0.25) is 0 Å². The molecule has 0 aliphatic carbocycles. The third-order valence-corrected chi connectivity index (χ3v) is 3.43. The van der Waals surface area contributed by atoms with Crippen molar-refractivity contribution in [2.24, 2.45) is 0 Å². The maximum absolute atomic E-state index is 12.5. The van der Waals surface area contributed by atoms with Gasteiger partial charge in [0, 0.05) is 26.0 Å². The monoisotopic (exact) mass is 283 g/mol. The Labute approximate surface area is 123 Å². The van der Waals surface area contributed by atoms with Crippen molar-refractivity contribution in [3.8, 4) is 5.75 Å². The third kappa shape index (κ3) is 2.97. The number of amides is 1. The van der Waals surface area contributed by atoms with Gasteiger partial charge in [-0.15, -0.1) is 0 Å². The number of carbonyl (C=O) groups is 1. The van der Waals surface area contributed by atoms with Gasteiger partial charge in [-0.05, 0) is 23.8 Å². The topological polar surface area (TPSA) is 54.5 Å². The number of para-hydroxylation sites is 2. The fraction of sp³-hybridized carbons (Fsp3) is 0.250. The van der Waals surface area contributed by atoms with E-state index in [1.165, 1.54) is 0 Å². The summed E-state index contributed by atoms with van der Waals surface area (Å²) in [6.45, 7) is 1.00. The molecule has 108 valence electrons. The van der Waals surface area contributed by atoms with Crippen LogP contribution in [-0.4, -0.2) is 35.5 Å². The van der Waals surface area contributed by atoms with E-state index < -0.39 is 6.10 Å². The van der Waals surface area contributed by atoms with E-state index >= 15 is 0 Å². The molecule has 1 N–H and O–H groups in total. The number of anilines is 1. The summed E-state index contributed by atoms with van der Waals surface area (Å²) in [4.78, 5) is 18.2. The molecule has 1 amide bonds. The molecule has 1 aliphatic heterocycles. The zero-order chi connectivity index (χ0) is 14.7. The van der Waals surface area contributed by atoms with E-state index in [1.807, 2.05) is 36.4 Å². The highest BCUT2D eigenvalue weighted by Crippen LogP contribution is 2.28. The lowest BCUT2D eigenvalue weighted by Gasteiger charge is -2.29. The van der Waals surface area contributed by atoms with Crippen LogP contribution in [0.1, 0.15) is 5.56 Å². The van der Waals surface area contributed by atoms with E-state index in [9.17, 15) is 4.79 Å². The molecule has 1 unspecified atom stereocenters. The largest absolute Gasteiger partial charge is 0.477 e. The van der Waals surface area contributed by atoms with Crippen LogP contribution in [0.25, 0.3) is 0 Å². The van der Waals surface area contributed by atoms with Gasteiger partial charge in [-0.2, -0.15) is 0 Å². The van der Waals surface area contributed by atoms with Gasteiger partial charge in [-0.3, -0.25) is 9.78 Å². The maximum Gasteiger partial charge on any atom is 0.265 e. The van der Waals surface area contributed by atoms with E-state index in [1.54, 1.807) is 24.3 Å². The molecule has 0 bridgehead atoms. The Morgan fingerprint density at radius 3 is 3.05 bits per heavy atom. The summed E-state index contributed by atoms with van der Waals surface area (Å²) in [5, 5.41) is 3.23. The van der Waals surface area contributed by atoms with Crippen molar-refractivity contribution in [1.82, 2.24) is 9.88 Å². The minimum atomic E-state index is -0.499. The van der Waals surface area contributed by atoms with Crippen LogP contribution in [0.3, 0.4) is 0 Å². The standard InChI is InChI=1S/C16H17N3O2/c1-19(11-12-5-4-8-17-9-12)16(20)15-10-18-13-6-2-3-7-14(13)21-15/h2-9,15,18H,10-11H2,1H3. The summed E-state index contributed by atoms with van der Waals surface area (Å²) in [5.74, 6) is 0.678. The van der Waals surface area contributed by atoms with Crippen molar-refractivity contribution < 1.29 is 9.53 Å². The highest BCUT2D eigenvalue weighted by atomic mass is 16.5. The number of ether oxygens (including phenoxy) is 1. The Balaban J connectivity index is 1.66. The van der Waals surface area contributed by atoms with Crippen molar-refractivity contribution in [3.05, 3.63) is 54.4 Å². The number of likely N-dealkylation sites (N-methyl/N-ethyl adjacent to an activating group) is 1.